The van der Waals surface area contributed by atoms with Gasteiger partial charge in [0.15, 0.2) is 0 Å². The Kier molecular flexibility index (Phi) is 4.04. The number of rotatable bonds is 4. The van der Waals surface area contributed by atoms with E-state index in [1.54, 1.807) is 19.3 Å². The number of pyridine rings is 1. The molecule has 2 unspecified atom stereocenters. The molecule has 0 aliphatic carbocycles. The molecule has 0 saturated heterocycles. The summed E-state index contributed by atoms with van der Waals surface area (Å²) < 4.78 is 0. The summed E-state index contributed by atoms with van der Waals surface area (Å²) in [5, 5.41) is 12.7. The molecule has 0 amide bonds. The minimum atomic E-state index is -0.334. The molecular weight excluding hydrogens is 176 g/mol. The van der Waals surface area contributed by atoms with Crippen molar-refractivity contribution in [3.8, 4) is 0 Å². The third kappa shape index (κ3) is 3.09. The number of hydrogen-bond donors (Lipinski definition) is 2. The third-order valence-electron chi connectivity index (χ3n) is 2.44. The second-order valence-electron chi connectivity index (χ2n) is 3.70. The summed E-state index contributed by atoms with van der Waals surface area (Å²) >= 11 is 0. The highest BCUT2D eigenvalue weighted by molar-refractivity contribution is 5.14. The lowest BCUT2D eigenvalue weighted by molar-refractivity contribution is 0.147. The fourth-order valence-corrected chi connectivity index (χ4v) is 1.28. The predicted molar refractivity (Wildman–Crippen MR) is 56.9 cm³/mol. The van der Waals surface area contributed by atoms with Crippen LogP contribution in [0.2, 0.25) is 0 Å². The molecule has 0 aliphatic rings. The van der Waals surface area contributed by atoms with Gasteiger partial charge in [0.25, 0.3) is 0 Å². The Balaban J connectivity index is 2.55. The van der Waals surface area contributed by atoms with Crippen LogP contribution in [0.25, 0.3) is 0 Å². The Morgan fingerprint density at radius 2 is 1.79 bits per heavy atom. The van der Waals surface area contributed by atoms with Gasteiger partial charge in [-0.15, -0.1) is 0 Å². The van der Waals surface area contributed by atoms with Crippen molar-refractivity contribution in [3.05, 3.63) is 30.1 Å². The van der Waals surface area contributed by atoms with Gasteiger partial charge in [0.05, 0.1) is 6.10 Å². The van der Waals surface area contributed by atoms with Crippen molar-refractivity contribution in [2.24, 2.45) is 0 Å². The Labute approximate surface area is 85.2 Å². The summed E-state index contributed by atoms with van der Waals surface area (Å²) in [6, 6.07) is 4.29. The molecule has 3 heteroatoms. The molecule has 0 spiro atoms. The second-order valence-corrected chi connectivity index (χ2v) is 3.70. The molecule has 0 saturated carbocycles. The van der Waals surface area contributed by atoms with Gasteiger partial charge in [0, 0.05) is 24.5 Å². The van der Waals surface area contributed by atoms with Gasteiger partial charge in [0.2, 0.25) is 0 Å². The first-order chi connectivity index (χ1) is 6.61. The highest BCUT2D eigenvalue weighted by Gasteiger charge is 2.12. The molecule has 0 bridgehead atoms. The van der Waals surface area contributed by atoms with Crippen LogP contribution in [-0.2, 0) is 0 Å². The van der Waals surface area contributed by atoms with E-state index in [4.69, 9.17) is 0 Å². The first-order valence-electron chi connectivity index (χ1n) is 4.95. The third-order valence-corrected chi connectivity index (χ3v) is 2.44. The van der Waals surface area contributed by atoms with E-state index in [-0.39, 0.29) is 18.2 Å². The smallest absolute Gasteiger partial charge is 0.0662 e. The summed E-state index contributed by atoms with van der Waals surface area (Å²) in [4.78, 5) is 3.96. The van der Waals surface area contributed by atoms with E-state index in [0.717, 1.165) is 0 Å². The largest absolute Gasteiger partial charge is 0.392 e. The van der Waals surface area contributed by atoms with Gasteiger partial charge >= 0.3 is 0 Å². The lowest BCUT2D eigenvalue weighted by Crippen LogP contribution is -2.37. The van der Waals surface area contributed by atoms with Crippen molar-refractivity contribution in [2.45, 2.75) is 39.0 Å². The topological polar surface area (TPSA) is 45.1 Å². The van der Waals surface area contributed by atoms with Gasteiger partial charge in [-0.25, -0.2) is 0 Å². The second kappa shape index (κ2) is 5.08. The van der Waals surface area contributed by atoms with E-state index in [1.165, 1.54) is 5.56 Å². The zero-order chi connectivity index (χ0) is 10.6. The van der Waals surface area contributed by atoms with Crippen molar-refractivity contribution in [2.75, 3.05) is 0 Å². The van der Waals surface area contributed by atoms with Gasteiger partial charge in [-0.2, -0.15) is 0 Å². The standard InChI is InChI=1S/C11H18N2O/c1-8(10(3)14)13-9(2)11-4-6-12-7-5-11/h4-10,13-14H,1-3H3/t8?,9-,10?/m0/s1. The highest BCUT2D eigenvalue weighted by Crippen LogP contribution is 2.11. The first kappa shape index (κ1) is 11.1. The molecule has 14 heavy (non-hydrogen) atoms. The van der Waals surface area contributed by atoms with E-state index < -0.39 is 0 Å². The molecule has 0 aliphatic heterocycles. The Morgan fingerprint density at radius 3 is 2.29 bits per heavy atom. The van der Waals surface area contributed by atoms with Crippen LogP contribution in [0.5, 0.6) is 0 Å². The summed E-state index contributed by atoms with van der Waals surface area (Å²) in [6.07, 6.45) is 3.22. The normalized spacial score (nSPS) is 17.4. The van der Waals surface area contributed by atoms with Crippen LogP contribution in [0.15, 0.2) is 24.5 Å². The summed E-state index contributed by atoms with van der Waals surface area (Å²) in [5.41, 5.74) is 1.19. The van der Waals surface area contributed by atoms with Gasteiger partial charge in [-0.05, 0) is 38.5 Å². The molecule has 78 valence electrons. The molecule has 1 aromatic rings. The molecular formula is C11H18N2O. The van der Waals surface area contributed by atoms with Crippen LogP contribution in [0.1, 0.15) is 32.4 Å². The molecule has 3 atom stereocenters. The molecule has 2 N–H and O–H groups in total. The average molecular weight is 194 g/mol. The quantitative estimate of drug-likeness (QED) is 0.763. The van der Waals surface area contributed by atoms with Crippen molar-refractivity contribution >= 4 is 0 Å². The average Bonchev–Trinajstić information content (AvgIpc) is 2.19. The highest BCUT2D eigenvalue weighted by atomic mass is 16.3. The Bertz CT molecular complexity index is 261. The van der Waals surface area contributed by atoms with E-state index in [2.05, 4.69) is 17.2 Å². The fraction of sp³-hybridized carbons (Fsp3) is 0.545. The van der Waals surface area contributed by atoms with E-state index in [1.807, 2.05) is 19.1 Å². The monoisotopic (exact) mass is 194 g/mol. The zero-order valence-corrected chi connectivity index (χ0v) is 8.94. The van der Waals surface area contributed by atoms with Crippen molar-refractivity contribution < 1.29 is 5.11 Å². The molecule has 0 aromatic carbocycles. The maximum atomic E-state index is 9.34. The maximum absolute atomic E-state index is 9.34. The van der Waals surface area contributed by atoms with Gasteiger partial charge in [-0.1, -0.05) is 0 Å². The van der Waals surface area contributed by atoms with Crippen LogP contribution in [0, 0.1) is 0 Å². The minimum absolute atomic E-state index is 0.0955. The van der Waals surface area contributed by atoms with E-state index in [9.17, 15) is 5.11 Å². The lowest BCUT2D eigenvalue weighted by Gasteiger charge is -2.22. The minimum Gasteiger partial charge on any atom is -0.392 e. The van der Waals surface area contributed by atoms with Gasteiger partial charge in [-0.3, -0.25) is 4.98 Å². The summed E-state index contributed by atoms with van der Waals surface area (Å²) in [7, 11) is 0. The number of aromatic nitrogens is 1. The molecule has 3 nitrogen and oxygen atoms in total. The van der Waals surface area contributed by atoms with Crippen molar-refractivity contribution in [1.29, 1.82) is 0 Å². The first-order valence-corrected chi connectivity index (χ1v) is 4.95. The number of hydrogen-bond acceptors (Lipinski definition) is 3. The van der Waals surface area contributed by atoms with Crippen LogP contribution in [0.3, 0.4) is 0 Å². The number of aliphatic hydroxyl groups excluding tert-OH is 1. The van der Waals surface area contributed by atoms with Gasteiger partial charge in [0.1, 0.15) is 0 Å². The number of nitrogens with one attached hydrogen (secondary N) is 1. The number of nitrogens with zero attached hydrogens (tertiary/aromatic N) is 1. The molecule has 1 rings (SSSR count). The summed E-state index contributed by atoms with van der Waals surface area (Å²) in [6.45, 7) is 5.84. The SMILES string of the molecule is CC(O)C(C)N[C@@H](C)c1ccncc1. The van der Waals surface area contributed by atoms with Crippen LogP contribution < -0.4 is 5.32 Å². The van der Waals surface area contributed by atoms with Crippen molar-refractivity contribution in [1.82, 2.24) is 10.3 Å². The van der Waals surface area contributed by atoms with Gasteiger partial charge < -0.3 is 10.4 Å². The Hall–Kier alpha value is -0.930. The van der Waals surface area contributed by atoms with Crippen molar-refractivity contribution in [3.63, 3.8) is 0 Å². The number of aliphatic hydroxyl groups is 1. The Morgan fingerprint density at radius 1 is 1.21 bits per heavy atom. The van der Waals surface area contributed by atoms with Crippen LogP contribution in [0.4, 0.5) is 0 Å². The van der Waals surface area contributed by atoms with E-state index in [0.29, 0.717) is 0 Å². The summed E-state index contributed by atoms with van der Waals surface area (Å²) in [5.74, 6) is 0. The lowest BCUT2D eigenvalue weighted by atomic mass is 10.1. The molecule has 1 heterocycles. The molecule has 0 fully saturated rings. The predicted octanol–water partition coefficient (Wildman–Crippen LogP) is 1.50. The van der Waals surface area contributed by atoms with Crippen LogP contribution >= 0.6 is 0 Å². The molecule has 1 aromatic heterocycles. The zero-order valence-electron chi connectivity index (χ0n) is 8.94. The molecule has 0 radical (unpaired) electrons. The maximum Gasteiger partial charge on any atom is 0.0662 e. The van der Waals surface area contributed by atoms with E-state index >= 15 is 0 Å². The fourth-order valence-electron chi connectivity index (χ4n) is 1.28. The van der Waals surface area contributed by atoms with Crippen LogP contribution in [-0.4, -0.2) is 22.2 Å².